The third kappa shape index (κ3) is 3.54. The average Bonchev–Trinajstić information content (AvgIpc) is 2.97. The Morgan fingerprint density at radius 3 is 2.83 bits per heavy atom. The van der Waals surface area contributed by atoms with Gasteiger partial charge in [0, 0.05) is 47.9 Å². The van der Waals surface area contributed by atoms with Crippen LogP contribution in [0.4, 0.5) is 0 Å². The van der Waals surface area contributed by atoms with Gasteiger partial charge >= 0.3 is 0 Å². The number of H-pyrrole nitrogens is 1. The van der Waals surface area contributed by atoms with Gasteiger partial charge in [0.05, 0.1) is 6.04 Å². The number of hydrogen-bond donors (Lipinski definition) is 2. The van der Waals surface area contributed by atoms with Gasteiger partial charge in [0.1, 0.15) is 0 Å². The summed E-state index contributed by atoms with van der Waals surface area (Å²) in [6.45, 7) is 3.50. The molecule has 2 aromatic rings. The number of carbonyl (C=O) groups is 1. The van der Waals surface area contributed by atoms with E-state index in [1.54, 1.807) is 24.1 Å². The van der Waals surface area contributed by atoms with Crippen LogP contribution in [0.15, 0.2) is 18.2 Å². The van der Waals surface area contributed by atoms with Gasteiger partial charge in [-0.05, 0) is 24.6 Å². The molecule has 0 aliphatic carbocycles. The molecule has 24 heavy (non-hydrogen) atoms. The summed E-state index contributed by atoms with van der Waals surface area (Å²) in [5.41, 5.74) is 3.33. The van der Waals surface area contributed by atoms with Crippen molar-refractivity contribution in [3.05, 3.63) is 50.8 Å². The smallest absolute Gasteiger partial charge is 0.274 e. The largest absolute Gasteiger partial charge is 0.333 e. The van der Waals surface area contributed by atoms with E-state index < -0.39 is 0 Å². The summed E-state index contributed by atoms with van der Waals surface area (Å²) in [5.74, 6) is -0.121. The van der Waals surface area contributed by atoms with Crippen molar-refractivity contribution in [2.45, 2.75) is 25.9 Å². The van der Waals surface area contributed by atoms with Gasteiger partial charge in [-0.1, -0.05) is 29.3 Å². The van der Waals surface area contributed by atoms with Gasteiger partial charge in [-0.3, -0.25) is 9.89 Å². The fourth-order valence-electron chi connectivity index (χ4n) is 2.79. The number of benzene rings is 1. The van der Waals surface area contributed by atoms with Crippen LogP contribution in [-0.2, 0) is 13.0 Å². The number of amides is 1. The summed E-state index contributed by atoms with van der Waals surface area (Å²) >= 11 is 12.2. The second-order valence-electron chi connectivity index (χ2n) is 5.71. The maximum absolute atomic E-state index is 12.8. The molecule has 130 valence electrons. The van der Waals surface area contributed by atoms with E-state index in [1.165, 1.54) is 0 Å². The SMILES string of the molecule is CC(c1ccc(Cl)cc1Cl)N(C)C(=O)c1n[nH]c2c1CNCC2.Cl. The van der Waals surface area contributed by atoms with Crippen LogP contribution in [0.2, 0.25) is 10.0 Å². The van der Waals surface area contributed by atoms with Gasteiger partial charge in [-0.15, -0.1) is 12.4 Å². The van der Waals surface area contributed by atoms with Gasteiger partial charge in [-0.2, -0.15) is 5.10 Å². The number of aromatic amines is 1. The quantitative estimate of drug-likeness (QED) is 0.843. The van der Waals surface area contributed by atoms with Crippen molar-refractivity contribution in [1.29, 1.82) is 0 Å². The first-order valence-corrected chi connectivity index (χ1v) is 8.23. The number of carbonyl (C=O) groups excluding carboxylic acids is 1. The molecule has 8 heteroatoms. The minimum atomic E-state index is -0.184. The minimum absolute atomic E-state index is 0. The first-order valence-electron chi connectivity index (χ1n) is 7.48. The number of aromatic nitrogens is 2. The molecule has 2 heterocycles. The third-order valence-corrected chi connectivity index (χ3v) is 4.89. The van der Waals surface area contributed by atoms with Crippen molar-refractivity contribution < 1.29 is 4.79 Å². The number of nitrogens with one attached hydrogen (secondary N) is 2. The molecule has 0 radical (unpaired) electrons. The molecule has 1 atom stereocenters. The molecule has 1 aromatic heterocycles. The first kappa shape index (κ1) is 19.1. The summed E-state index contributed by atoms with van der Waals surface area (Å²) in [6, 6.07) is 5.13. The van der Waals surface area contributed by atoms with Gasteiger partial charge in [0.25, 0.3) is 5.91 Å². The molecule has 0 spiro atoms. The van der Waals surface area contributed by atoms with Crippen LogP contribution in [0.5, 0.6) is 0 Å². The first-order chi connectivity index (χ1) is 11.0. The third-order valence-electron chi connectivity index (χ3n) is 4.32. The summed E-state index contributed by atoms with van der Waals surface area (Å²) in [7, 11) is 1.76. The Morgan fingerprint density at radius 2 is 2.12 bits per heavy atom. The standard InChI is InChI=1S/C16H18Cl2N4O.ClH/c1-9(11-4-3-10(17)7-13(11)18)22(2)16(23)15-12-8-19-6-5-14(12)20-21-15;/h3-4,7,9,19H,5-6,8H2,1-2H3,(H,20,21);1H. The lowest BCUT2D eigenvalue weighted by Crippen LogP contribution is -2.32. The van der Waals surface area contributed by atoms with E-state index in [-0.39, 0.29) is 24.4 Å². The van der Waals surface area contributed by atoms with E-state index >= 15 is 0 Å². The van der Waals surface area contributed by atoms with Crippen LogP contribution in [0, 0.1) is 0 Å². The summed E-state index contributed by atoms with van der Waals surface area (Å²) < 4.78 is 0. The number of rotatable bonds is 3. The Bertz CT molecular complexity index is 747. The molecule has 1 amide bonds. The summed E-state index contributed by atoms with van der Waals surface area (Å²) in [4.78, 5) is 14.5. The summed E-state index contributed by atoms with van der Waals surface area (Å²) in [6.07, 6.45) is 0.859. The fraction of sp³-hybridized carbons (Fsp3) is 0.375. The Morgan fingerprint density at radius 1 is 1.38 bits per heavy atom. The number of fused-ring (bicyclic) bond motifs is 1. The molecule has 1 aliphatic heterocycles. The zero-order valence-corrected chi connectivity index (χ0v) is 15.7. The van der Waals surface area contributed by atoms with Crippen LogP contribution < -0.4 is 5.32 Å². The second-order valence-corrected chi connectivity index (χ2v) is 6.56. The highest BCUT2D eigenvalue weighted by atomic mass is 35.5. The molecular weight excluding hydrogens is 371 g/mol. The molecule has 0 saturated heterocycles. The lowest BCUT2D eigenvalue weighted by atomic mass is 10.0. The molecular formula is C16H19Cl3N4O. The molecule has 0 bridgehead atoms. The number of halogens is 3. The van der Waals surface area contributed by atoms with Crippen LogP contribution in [0.1, 0.15) is 40.3 Å². The zero-order chi connectivity index (χ0) is 16.6. The number of hydrogen-bond acceptors (Lipinski definition) is 3. The zero-order valence-electron chi connectivity index (χ0n) is 13.4. The Hall–Kier alpha value is -1.27. The monoisotopic (exact) mass is 388 g/mol. The molecule has 0 fully saturated rings. The molecule has 0 saturated carbocycles. The van der Waals surface area contributed by atoms with Crippen molar-refractivity contribution in [3.8, 4) is 0 Å². The summed E-state index contributed by atoms with van der Waals surface area (Å²) in [5, 5.41) is 11.6. The highest BCUT2D eigenvalue weighted by Crippen LogP contribution is 2.30. The van der Waals surface area contributed by atoms with E-state index in [0.29, 0.717) is 22.3 Å². The topological polar surface area (TPSA) is 61.0 Å². The van der Waals surface area contributed by atoms with E-state index in [4.69, 9.17) is 23.2 Å². The molecule has 2 N–H and O–H groups in total. The molecule has 1 aliphatic rings. The predicted molar refractivity (Wildman–Crippen MR) is 98.2 cm³/mol. The van der Waals surface area contributed by atoms with Crippen LogP contribution >= 0.6 is 35.6 Å². The predicted octanol–water partition coefficient (Wildman–Crippen LogP) is 3.62. The normalized spacial score (nSPS) is 14.5. The highest BCUT2D eigenvalue weighted by Gasteiger charge is 2.27. The van der Waals surface area contributed by atoms with Gasteiger partial charge < -0.3 is 10.2 Å². The van der Waals surface area contributed by atoms with Gasteiger partial charge in [0.2, 0.25) is 0 Å². The maximum Gasteiger partial charge on any atom is 0.274 e. The molecule has 3 rings (SSSR count). The Labute approximate surface area is 157 Å². The van der Waals surface area contributed by atoms with Crippen molar-refractivity contribution in [3.63, 3.8) is 0 Å². The van der Waals surface area contributed by atoms with Crippen molar-refractivity contribution in [1.82, 2.24) is 20.4 Å². The van der Waals surface area contributed by atoms with Gasteiger partial charge in [0.15, 0.2) is 5.69 Å². The van der Waals surface area contributed by atoms with E-state index in [0.717, 1.165) is 29.8 Å². The number of nitrogens with zero attached hydrogens (tertiary/aromatic N) is 2. The van der Waals surface area contributed by atoms with Crippen LogP contribution in [-0.4, -0.2) is 34.6 Å². The van der Waals surface area contributed by atoms with Crippen LogP contribution in [0.3, 0.4) is 0 Å². The van der Waals surface area contributed by atoms with Crippen molar-refractivity contribution >= 4 is 41.5 Å². The van der Waals surface area contributed by atoms with E-state index in [1.807, 2.05) is 13.0 Å². The highest BCUT2D eigenvalue weighted by molar-refractivity contribution is 6.35. The average molecular weight is 390 g/mol. The molecule has 1 aromatic carbocycles. The van der Waals surface area contributed by atoms with Gasteiger partial charge in [-0.25, -0.2) is 0 Å². The fourth-order valence-corrected chi connectivity index (χ4v) is 3.36. The lowest BCUT2D eigenvalue weighted by Gasteiger charge is -2.26. The maximum atomic E-state index is 12.8. The van der Waals surface area contributed by atoms with E-state index in [9.17, 15) is 4.79 Å². The molecule has 5 nitrogen and oxygen atoms in total. The Kier molecular flexibility index (Phi) is 6.15. The minimum Gasteiger partial charge on any atom is -0.333 e. The lowest BCUT2D eigenvalue weighted by molar-refractivity contribution is 0.0735. The van der Waals surface area contributed by atoms with Crippen LogP contribution in [0.25, 0.3) is 0 Å². The second kappa shape index (κ2) is 7.74. The van der Waals surface area contributed by atoms with Crippen molar-refractivity contribution in [2.75, 3.05) is 13.6 Å². The Balaban J connectivity index is 0.00000208. The molecule has 1 unspecified atom stereocenters. The van der Waals surface area contributed by atoms with E-state index in [2.05, 4.69) is 15.5 Å². The van der Waals surface area contributed by atoms with Crippen molar-refractivity contribution in [2.24, 2.45) is 0 Å².